The van der Waals surface area contributed by atoms with Gasteiger partial charge in [0.25, 0.3) is 0 Å². The van der Waals surface area contributed by atoms with Gasteiger partial charge in [0.05, 0.1) is 36.6 Å². The number of nitrogens with zero attached hydrogens (tertiary/aromatic N) is 1. The third-order valence-electron chi connectivity index (χ3n) is 2.08. The summed E-state index contributed by atoms with van der Waals surface area (Å²) in [4.78, 5) is 4.14. The molecule has 2 atom stereocenters. The fraction of sp³-hybridized carbons (Fsp3) is 0.625. The molecule has 0 amide bonds. The summed E-state index contributed by atoms with van der Waals surface area (Å²) in [6, 6.07) is 0.0571. The van der Waals surface area contributed by atoms with Crippen LogP contribution in [0.4, 0.5) is 0 Å². The van der Waals surface area contributed by atoms with Crippen molar-refractivity contribution >= 4 is 11.3 Å². The maximum Gasteiger partial charge on any atom is 0.0948 e. The predicted molar refractivity (Wildman–Crippen MR) is 49.6 cm³/mol. The topological polar surface area (TPSA) is 54.4 Å². The molecule has 5 heteroatoms. The second-order valence-electron chi connectivity index (χ2n) is 3.07. The quantitative estimate of drug-likeness (QED) is 0.720. The van der Waals surface area contributed by atoms with Gasteiger partial charge in [0.15, 0.2) is 0 Å². The summed E-state index contributed by atoms with van der Waals surface area (Å²) in [5.74, 6) is 0. The molecule has 1 fully saturated rings. The molecule has 0 unspecified atom stereocenters. The van der Waals surface area contributed by atoms with Gasteiger partial charge in [-0.1, -0.05) is 0 Å². The van der Waals surface area contributed by atoms with Gasteiger partial charge in [-0.2, -0.15) is 0 Å². The highest BCUT2D eigenvalue weighted by molar-refractivity contribution is 7.07. The number of rotatable bonds is 3. The predicted octanol–water partition coefficient (Wildman–Crippen LogP) is -0.00760. The standard InChI is InChI=1S/C8H12N2O2S/c11-8-3-12-2-7(8)9-1-6-4-13-5-10-6/h4-5,7-9,11H,1-3H2/t7-,8-/m1/s1. The van der Waals surface area contributed by atoms with E-state index in [1.165, 1.54) is 0 Å². The minimum atomic E-state index is -0.376. The van der Waals surface area contributed by atoms with Crippen molar-refractivity contribution in [2.75, 3.05) is 13.2 Å². The fourth-order valence-corrected chi connectivity index (χ4v) is 1.86. The number of aliphatic hydroxyl groups is 1. The van der Waals surface area contributed by atoms with Crippen LogP contribution in [0.15, 0.2) is 10.9 Å². The second-order valence-corrected chi connectivity index (χ2v) is 3.79. The third-order valence-corrected chi connectivity index (χ3v) is 2.71. The first kappa shape index (κ1) is 9.08. The molecular formula is C8H12N2O2S. The van der Waals surface area contributed by atoms with Crippen molar-refractivity contribution in [1.82, 2.24) is 10.3 Å². The van der Waals surface area contributed by atoms with E-state index in [0.717, 1.165) is 5.69 Å². The number of ether oxygens (including phenoxy) is 1. The Morgan fingerprint density at radius 2 is 2.62 bits per heavy atom. The number of thiazole rings is 1. The van der Waals surface area contributed by atoms with Gasteiger partial charge in [-0.3, -0.25) is 0 Å². The second kappa shape index (κ2) is 4.15. The normalized spacial score (nSPS) is 28.1. The smallest absolute Gasteiger partial charge is 0.0948 e. The van der Waals surface area contributed by atoms with Crippen LogP contribution in [0.25, 0.3) is 0 Å². The molecule has 0 radical (unpaired) electrons. The molecule has 1 aromatic rings. The van der Waals surface area contributed by atoms with E-state index in [1.807, 2.05) is 5.38 Å². The van der Waals surface area contributed by atoms with Crippen LogP contribution < -0.4 is 5.32 Å². The monoisotopic (exact) mass is 200 g/mol. The highest BCUT2D eigenvalue weighted by Gasteiger charge is 2.25. The maximum atomic E-state index is 9.41. The van der Waals surface area contributed by atoms with Gasteiger partial charge in [0.2, 0.25) is 0 Å². The largest absolute Gasteiger partial charge is 0.389 e. The third kappa shape index (κ3) is 2.25. The first-order chi connectivity index (χ1) is 6.36. The van der Waals surface area contributed by atoms with Gasteiger partial charge in [0, 0.05) is 11.9 Å². The Labute approximate surface area is 80.6 Å². The molecule has 1 aliphatic rings. The van der Waals surface area contributed by atoms with Crippen LogP contribution >= 0.6 is 11.3 Å². The van der Waals surface area contributed by atoms with Crippen molar-refractivity contribution in [3.05, 3.63) is 16.6 Å². The van der Waals surface area contributed by atoms with Crippen molar-refractivity contribution < 1.29 is 9.84 Å². The summed E-state index contributed by atoms with van der Waals surface area (Å²) in [5.41, 5.74) is 2.82. The van der Waals surface area contributed by atoms with Crippen LogP contribution in [0.1, 0.15) is 5.69 Å². The number of nitrogens with one attached hydrogen (secondary N) is 1. The molecule has 4 nitrogen and oxygen atoms in total. The van der Waals surface area contributed by atoms with E-state index >= 15 is 0 Å². The molecular weight excluding hydrogens is 188 g/mol. The molecule has 72 valence electrons. The maximum absolute atomic E-state index is 9.41. The van der Waals surface area contributed by atoms with E-state index in [9.17, 15) is 5.11 Å². The molecule has 13 heavy (non-hydrogen) atoms. The van der Waals surface area contributed by atoms with Gasteiger partial charge < -0.3 is 15.2 Å². The number of aliphatic hydroxyl groups excluding tert-OH is 1. The molecule has 2 heterocycles. The summed E-state index contributed by atoms with van der Waals surface area (Å²) in [6.45, 7) is 1.73. The SMILES string of the molecule is O[C@@H]1COC[C@H]1NCc1cscn1. The van der Waals surface area contributed by atoms with Crippen LogP contribution in [0.5, 0.6) is 0 Å². The first-order valence-corrected chi connectivity index (χ1v) is 5.17. The highest BCUT2D eigenvalue weighted by atomic mass is 32.1. The summed E-state index contributed by atoms with van der Waals surface area (Å²) in [6.07, 6.45) is -0.376. The van der Waals surface area contributed by atoms with E-state index in [2.05, 4.69) is 10.3 Å². The molecule has 2 rings (SSSR count). The number of hydrogen-bond acceptors (Lipinski definition) is 5. The Kier molecular flexibility index (Phi) is 2.90. The molecule has 1 aliphatic heterocycles. The van der Waals surface area contributed by atoms with Gasteiger partial charge in [-0.05, 0) is 0 Å². The minimum absolute atomic E-state index is 0.0571. The zero-order valence-electron chi connectivity index (χ0n) is 7.14. The van der Waals surface area contributed by atoms with E-state index in [1.54, 1.807) is 16.8 Å². The first-order valence-electron chi connectivity index (χ1n) is 4.22. The lowest BCUT2D eigenvalue weighted by Crippen LogP contribution is -2.38. The lowest BCUT2D eigenvalue weighted by atomic mass is 10.2. The van der Waals surface area contributed by atoms with E-state index in [0.29, 0.717) is 19.8 Å². The minimum Gasteiger partial charge on any atom is -0.389 e. The summed E-state index contributed by atoms with van der Waals surface area (Å²) in [7, 11) is 0. The lowest BCUT2D eigenvalue weighted by molar-refractivity contribution is 0.122. The summed E-state index contributed by atoms with van der Waals surface area (Å²) < 4.78 is 5.11. The van der Waals surface area contributed by atoms with Crippen molar-refractivity contribution in [3.63, 3.8) is 0 Å². The zero-order chi connectivity index (χ0) is 9.10. The van der Waals surface area contributed by atoms with Crippen molar-refractivity contribution in [1.29, 1.82) is 0 Å². The van der Waals surface area contributed by atoms with Crippen molar-refractivity contribution in [2.24, 2.45) is 0 Å². The van der Waals surface area contributed by atoms with Crippen LogP contribution in [-0.4, -0.2) is 35.5 Å². The molecule has 0 saturated carbocycles. The highest BCUT2D eigenvalue weighted by Crippen LogP contribution is 2.07. The van der Waals surface area contributed by atoms with Crippen LogP contribution in [0, 0.1) is 0 Å². The number of aromatic nitrogens is 1. The molecule has 0 aromatic carbocycles. The van der Waals surface area contributed by atoms with Crippen LogP contribution in [-0.2, 0) is 11.3 Å². The summed E-state index contributed by atoms with van der Waals surface area (Å²) >= 11 is 1.58. The lowest BCUT2D eigenvalue weighted by Gasteiger charge is -2.12. The average Bonchev–Trinajstić information content (AvgIpc) is 2.72. The molecule has 0 aliphatic carbocycles. The Hall–Kier alpha value is -0.490. The average molecular weight is 200 g/mol. The number of hydrogen-bond donors (Lipinski definition) is 2. The van der Waals surface area contributed by atoms with Gasteiger partial charge in [0.1, 0.15) is 0 Å². The van der Waals surface area contributed by atoms with E-state index < -0.39 is 0 Å². The van der Waals surface area contributed by atoms with Crippen molar-refractivity contribution in [3.8, 4) is 0 Å². The Bertz CT molecular complexity index is 253. The fourth-order valence-electron chi connectivity index (χ4n) is 1.30. The van der Waals surface area contributed by atoms with Crippen molar-refractivity contribution in [2.45, 2.75) is 18.7 Å². The molecule has 1 aromatic heterocycles. The zero-order valence-corrected chi connectivity index (χ0v) is 7.96. The van der Waals surface area contributed by atoms with E-state index in [-0.39, 0.29) is 12.1 Å². The van der Waals surface area contributed by atoms with Crippen LogP contribution in [0.3, 0.4) is 0 Å². The Morgan fingerprint density at radius 3 is 3.23 bits per heavy atom. The van der Waals surface area contributed by atoms with Gasteiger partial charge in [-0.25, -0.2) is 4.98 Å². The van der Waals surface area contributed by atoms with Gasteiger partial charge >= 0.3 is 0 Å². The molecule has 2 N–H and O–H groups in total. The molecule has 0 bridgehead atoms. The van der Waals surface area contributed by atoms with Crippen LogP contribution in [0.2, 0.25) is 0 Å². The van der Waals surface area contributed by atoms with Gasteiger partial charge in [-0.15, -0.1) is 11.3 Å². The Morgan fingerprint density at radius 1 is 1.69 bits per heavy atom. The Balaban J connectivity index is 1.79. The molecule has 0 spiro atoms. The molecule has 1 saturated heterocycles. The van der Waals surface area contributed by atoms with E-state index in [4.69, 9.17) is 4.74 Å². The summed E-state index contributed by atoms with van der Waals surface area (Å²) in [5, 5.41) is 14.6.